The number of hydrogen-bond donors (Lipinski definition) is 3. The summed E-state index contributed by atoms with van der Waals surface area (Å²) in [5, 5.41) is 14.9. The number of nitrogens with two attached hydrogens (primary N) is 1. The van der Waals surface area contributed by atoms with Gasteiger partial charge in [0, 0.05) is 35.8 Å². The first kappa shape index (κ1) is 23.4. The number of likely N-dealkylation sites (N-methyl/N-ethyl adjacent to an activating group) is 1. The maximum absolute atomic E-state index is 13.0. The second-order valence-corrected chi connectivity index (χ2v) is 8.66. The molecule has 2 heterocycles. The Morgan fingerprint density at radius 3 is 2.50 bits per heavy atom. The van der Waals surface area contributed by atoms with E-state index in [1.807, 2.05) is 13.1 Å². The smallest absolute Gasteiger partial charge is 0.248 e. The number of aromatic nitrogens is 2. The molecule has 3 aromatic rings. The number of likely N-dealkylation sites (tertiary alicyclic amines) is 1. The Kier molecular flexibility index (Phi) is 7.20. The zero-order valence-electron chi connectivity index (χ0n) is 18.6. The minimum absolute atomic E-state index is 0.0701. The van der Waals surface area contributed by atoms with Crippen molar-refractivity contribution in [2.24, 2.45) is 5.92 Å². The number of nitrogens with zero attached hydrogens (tertiary/aromatic N) is 3. The Hall–Kier alpha value is -3.75. The molecule has 1 aliphatic heterocycles. The fourth-order valence-electron chi connectivity index (χ4n) is 3.92. The van der Waals surface area contributed by atoms with Crippen LogP contribution in [-0.2, 0) is 9.59 Å². The Morgan fingerprint density at radius 1 is 1.03 bits per heavy atom. The lowest BCUT2D eigenvalue weighted by Crippen LogP contribution is -2.28. The molecule has 0 saturated carbocycles. The van der Waals surface area contributed by atoms with Crippen LogP contribution in [0.1, 0.15) is 17.3 Å². The highest BCUT2D eigenvalue weighted by Crippen LogP contribution is 2.32. The van der Waals surface area contributed by atoms with Crippen LogP contribution in [0.25, 0.3) is 6.08 Å². The number of carbonyl (C=O) groups excluding carboxylic acids is 2. The second-order valence-electron chi connectivity index (χ2n) is 8.22. The summed E-state index contributed by atoms with van der Waals surface area (Å²) in [5.74, 6) is -0.745. The van der Waals surface area contributed by atoms with Crippen molar-refractivity contribution in [1.29, 1.82) is 0 Å². The number of nitrogens with one attached hydrogen (secondary N) is 2. The first-order chi connectivity index (χ1) is 16.4. The van der Waals surface area contributed by atoms with Crippen LogP contribution >= 0.6 is 11.6 Å². The van der Waals surface area contributed by atoms with Crippen molar-refractivity contribution in [3.8, 4) is 0 Å². The van der Waals surface area contributed by atoms with Crippen molar-refractivity contribution >= 4 is 46.6 Å². The van der Waals surface area contributed by atoms with Gasteiger partial charge in [0.1, 0.15) is 0 Å². The fraction of sp³-hybridized carbons (Fsp3) is 0.200. The Balaban J connectivity index is 1.40. The first-order valence-corrected chi connectivity index (χ1v) is 11.2. The highest BCUT2D eigenvalue weighted by molar-refractivity contribution is 6.30. The van der Waals surface area contributed by atoms with Crippen molar-refractivity contribution in [1.82, 2.24) is 15.1 Å². The van der Waals surface area contributed by atoms with Crippen LogP contribution < -0.4 is 16.4 Å². The standard InChI is InChI=1S/C25H25ClN6O2/c1-32-14-19(20(15-32)25(34)28-17-8-6-16(26)7-9-17)22-12-10-18(30-31-22)11-13-24(33)29-23-5-3-2-4-21(23)27/h2-13,19-20H,14-15,27H2,1H3,(H,28,34)(H,29,33)/b13-11+/t19-,20-/m0/s1. The second kappa shape index (κ2) is 10.5. The largest absolute Gasteiger partial charge is 0.397 e. The zero-order valence-corrected chi connectivity index (χ0v) is 19.4. The molecule has 0 radical (unpaired) electrons. The number of benzene rings is 2. The zero-order chi connectivity index (χ0) is 24.1. The van der Waals surface area contributed by atoms with Gasteiger partial charge < -0.3 is 21.3 Å². The normalized spacial score (nSPS) is 18.2. The lowest BCUT2D eigenvalue weighted by Gasteiger charge is -2.17. The molecule has 0 spiro atoms. The molecule has 9 heteroatoms. The topological polar surface area (TPSA) is 113 Å². The van der Waals surface area contributed by atoms with Gasteiger partial charge in [-0.25, -0.2) is 0 Å². The van der Waals surface area contributed by atoms with E-state index in [4.69, 9.17) is 17.3 Å². The molecule has 0 aliphatic carbocycles. The number of halogens is 1. The Bertz CT molecular complexity index is 1200. The van der Waals surface area contributed by atoms with Crippen molar-refractivity contribution in [3.05, 3.63) is 83.2 Å². The van der Waals surface area contributed by atoms with E-state index in [1.54, 1.807) is 60.7 Å². The number of amides is 2. The monoisotopic (exact) mass is 476 g/mol. The van der Waals surface area contributed by atoms with Crippen molar-refractivity contribution in [2.45, 2.75) is 5.92 Å². The van der Waals surface area contributed by atoms with Crippen molar-refractivity contribution in [3.63, 3.8) is 0 Å². The highest BCUT2D eigenvalue weighted by atomic mass is 35.5. The van der Waals surface area contributed by atoms with Crippen LogP contribution in [0.2, 0.25) is 5.02 Å². The van der Waals surface area contributed by atoms with E-state index in [0.29, 0.717) is 40.9 Å². The summed E-state index contributed by atoms with van der Waals surface area (Å²) in [4.78, 5) is 27.2. The van der Waals surface area contributed by atoms with Crippen LogP contribution in [0, 0.1) is 5.92 Å². The van der Waals surface area contributed by atoms with Crippen molar-refractivity contribution in [2.75, 3.05) is 36.5 Å². The highest BCUT2D eigenvalue weighted by Gasteiger charge is 2.38. The Morgan fingerprint density at radius 2 is 1.79 bits per heavy atom. The summed E-state index contributed by atoms with van der Waals surface area (Å²) in [6.45, 7) is 1.32. The number of nitrogen functional groups attached to an aromatic ring is 1. The first-order valence-electron chi connectivity index (χ1n) is 10.8. The van der Waals surface area contributed by atoms with Gasteiger partial charge in [-0.05, 0) is 61.7 Å². The quantitative estimate of drug-likeness (QED) is 0.369. The summed E-state index contributed by atoms with van der Waals surface area (Å²) in [7, 11) is 1.98. The third kappa shape index (κ3) is 5.78. The van der Waals surface area contributed by atoms with Gasteiger partial charge in [0.05, 0.1) is 28.7 Å². The van der Waals surface area contributed by atoms with Gasteiger partial charge in [-0.2, -0.15) is 10.2 Å². The molecule has 4 N–H and O–H groups in total. The van der Waals surface area contributed by atoms with E-state index in [1.165, 1.54) is 6.08 Å². The summed E-state index contributed by atoms with van der Waals surface area (Å²) < 4.78 is 0. The van der Waals surface area contributed by atoms with Gasteiger partial charge in [0.2, 0.25) is 11.8 Å². The van der Waals surface area contributed by atoms with Gasteiger partial charge in [0.25, 0.3) is 0 Å². The van der Waals surface area contributed by atoms with Crippen LogP contribution in [0.15, 0.2) is 66.7 Å². The van der Waals surface area contributed by atoms with E-state index in [2.05, 4.69) is 25.7 Å². The van der Waals surface area contributed by atoms with Gasteiger partial charge in [0.15, 0.2) is 0 Å². The third-order valence-electron chi connectivity index (χ3n) is 5.66. The minimum Gasteiger partial charge on any atom is -0.397 e. The number of hydrogen-bond acceptors (Lipinski definition) is 6. The molecule has 2 amide bonds. The molecule has 0 bridgehead atoms. The molecule has 8 nitrogen and oxygen atoms in total. The fourth-order valence-corrected chi connectivity index (χ4v) is 4.05. The predicted molar refractivity (Wildman–Crippen MR) is 134 cm³/mol. The minimum atomic E-state index is -0.319. The van der Waals surface area contributed by atoms with Gasteiger partial charge in [-0.15, -0.1) is 0 Å². The average molecular weight is 477 g/mol. The summed E-state index contributed by atoms with van der Waals surface area (Å²) >= 11 is 5.93. The van der Waals surface area contributed by atoms with Crippen LogP contribution in [-0.4, -0.2) is 47.0 Å². The molecule has 1 fully saturated rings. The number of para-hydroxylation sites is 2. The Labute approximate surface area is 202 Å². The molecule has 34 heavy (non-hydrogen) atoms. The van der Waals surface area contributed by atoms with Crippen molar-refractivity contribution < 1.29 is 9.59 Å². The average Bonchev–Trinajstić information content (AvgIpc) is 3.23. The molecular weight excluding hydrogens is 452 g/mol. The summed E-state index contributed by atoms with van der Waals surface area (Å²) in [6.07, 6.45) is 2.96. The van der Waals surface area contributed by atoms with E-state index in [-0.39, 0.29) is 23.7 Å². The lowest BCUT2D eigenvalue weighted by atomic mass is 9.91. The van der Waals surface area contributed by atoms with E-state index < -0.39 is 0 Å². The molecule has 1 saturated heterocycles. The summed E-state index contributed by atoms with van der Waals surface area (Å²) in [5.41, 5.74) is 8.85. The molecule has 1 aliphatic rings. The van der Waals surface area contributed by atoms with Crippen LogP contribution in [0.4, 0.5) is 17.1 Å². The number of anilines is 3. The maximum Gasteiger partial charge on any atom is 0.248 e. The van der Waals surface area contributed by atoms with Crippen LogP contribution in [0.3, 0.4) is 0 Å². The SMILES string of the molecule is CN1C[C@H](C(=O)Nc2ccc(Cl)cc2)[C@@H](c2ccc(/C=C/C(=O)Nc3ccccc3N)nn2)C1. The third-order valence-corrected chi connectivity index (χ3v) is 5.91. The van der Waals surface area contributed by atoms with E-state index >= 15 is 0 Å². The van der Waals surface area contributed by atoms with E-state index in [0.717, 1.165) is 5.69 Å². The van der Waals surface area contributed by atoms with Gasteiger partial charge in [-0.3, -0.25) is 9.59 Å². The molecular formula is C25H25ClN6O2. The number of carbonyl (C=O) groups is 2. The molecule has 174 valence electrons. The predicted octanol–water partition coefficient (Wildman–Crippen LogP) is 3.65. The number of rotatable bonds is 6. The van der Waals surface area contributed by atoms with Crippen LogP contribution in [0.5, 0.6) is 0 Å². The lowest BCUT2D eigenvalue weighted by molar-refractivity contribution is -0.120. The maximum atomic E-state index is 13.0. The summed E-state index contributed by atoms with van der Waals surface area (Å²) in [6, 6.07) is 17.7. The van der Waals surface area contributed by atoms with E-state index in [9.17, 15) is 9.59 Å². The van der Waals surface area contributed by atoms with Gasteiger partial charge in [-0.1, -0.05) is 23.7 Å². The molecule has 2 aromatic carbocycles. The molecule has 2 atom stereocenters. The molecule has 4 rings (SSSR count). The molecule has 1 aromatic heterocycles. The van der Waals surface area contributed by atoms with Gasteiger partial charge >= 0.3 is 0 Å². The molecule has 0 unspecified atom stereocenters.